The van der Waals surface area contributed by atoms with Gasteiger partial charge in [0.2, 0.25) is 0 Å². The molecule has 0 aliphatic rings. The number of nitrogens with zero attached hydrogens (tertiary/aromatic N) is 1. The molecule has 0 heterocycles. The molecule has 0 fully saturated rings. The first-order chi connectivity index (χ1) is 25.4. The lowest BCUT2D eigenvalue weighted by Crippen LogP contribution is -2.37. The standard InChI is InChI=1S/C42H80NO9P/c1-6-8-10-12-14-15-16-17-18-19-21-25-29-33-41(45)49-37-40(38-51-53(47,48)50-36-35-43(3,4)5)52-42(46)34-30-26-22-24-28-32-39(44)31-27-23-20-13-11-9-7-2/h20,23,27,31,39-40,44H,6-19,21-22,24-26,28-30,32-38H2,1-5H3/p+1/t39?,40-/m1/s1. The van der Waals surface area contributed by atoms with Gasteiger partial charge in [0.1, 0.15) is 19.8 Å². The molecule has 0 aromatic rings. The van der Waals surface area contributed by atoms with E-state index in [2.05, 4.69) is 19.9 Å². The third kappa shape index (κ3) is 38.5. The van der Waals surface area contributed by atoms with E-state index in [0.717, 1.165) is 51.4 Å². The molecule has 11 heteroatoms. The van der Waals surface area contributed by atoms with Crippen LogP contribution in [0.25, 0.3) is 0 Å². The number of aliphatic hydroxyl groups excluding tert-OH is 1. The Morgan fingerprint density at radius 1 is 0.660 bits per heavy atom. The molecule has 0 aliphatic carbocycles. The molecule has 312 valence electrons. The average Bonchev–Trinajstić information content (AvgIpc) is 3.10. The van der Waals surface area contributed by atoms with Crippen molar-refractivity contribution in [3.05, 3.63) is 24.3 Å². The van der Waals surface area contributed by atoms with Crippen molar-refractivity contribution in [3.8, 4) is 0 Å². The topological polar surface area (TPSA) is 129 Å². The fraction of sp³-hybridized carbons (Fsp3) is 0.857. The molecule has 0 rings (SSSR count). The maximum atomic E-state index is 12.7. The maximum absolute atomic E-state index is 12.7. The van der Waals surface area contributed by atoms with Crippen molar-refractivity contribution in [1.82, 2.24) is 0 Å². The van der Waals surface area contributed by atoms with Crippen LogP contribution >= 0.6 is 7.82 Å². The van der Waals surface area contributed by atoms with Gasteiger partial charge >= 0.3 is 19.8 Å². The minimum absolute atomic E-state index is 0.0159. The molecule has 53 heavy (non-hydrogen) atoms. The number of allylic oxidation sites excluding steroid dienone is 3. The number of unbranched alkanes of at least 4 members (excludes halogenated alkanes) is 19. The van der Waals surface area contributed by atoms with Crippen LogP contribution in [0, 0.1) is 0 Å². The molecule has 0 amide bonds. The van der Waals surface area contributed by atoms with Crippen molar-refractivity contribution in [2.75, 3.05) is 47.5 Å². The molecule has 2 unspecified atom stereocenters. The van der Waals surface area contributed by atoms with Crippen LogP contribution < -0.4 is 0 Å². The minimum Gasteiger partial charge on any atom is -0.462 e. The highest BCUT2D eigenvalue weighted by molar-refractivity contribution is 7.47. The number of quaternary nitrogens is 1. The van der Waals surface area contributed by atoms with Crippen LogP contribution in [-0.4, -0.2) is 86.1 Å². The highest BCUT2D eigenvalue weighted by Gasteiger charge is 2.27. The van der Waals surface area contributed by atoms with Crippen LogP contribution in [0.4, 0.5) is 0 Å². The van der Waals surface area contributed by atoms with E-state index in [-0.39, 0.29) is 32.0 Å². The Balaban J connectivity index is 4.47. The van der Waals surface area contributed by atoms with Gasteiger partial charge in [-0.05, 0) is 32.1 Å². The summed E-state index contributed by atoms with van der Waals surface area (Å²) < 4.78 is 34.2. The van der Waals surface area contributed by atoms with Gasteiger partial charge in [-0.3, -0.25) is 18.6 Å². The van der Waals surface area contributed by atoms with Gasteiger partial charge in [-0.15, -0.1) is 0 Å². The lowest BCUT2D eigenvalue weighted by Gasteiger charge is -2.24. The predicted molar refractivity (Wildman–Crippen MR) is 217 cm³/mol. The highest BCUT2D eigenvalue weighted by Crippen LogP contribution is 2.43. The number of carbonyl (C=O) groups is 2. The highest BCUT2D eigenvalue weighted by atomic mass is 31.2. The molecule has 2 N–H and O–H groups in total. The molecule has 0 bridgehead atoms. The predicted octanol–water partition coefficient (Wildman–Crippen LogP) is 10.5. The molecular formula is C42H81NO9P+. The van der Waals surface area contributed by atoms with Crippen molar-refractivity contribution in [3.63, 3.8) is 0 Å². The lowest BCUT2D eigenvalue weighted by molar-refractivity contribution is -0.870. The van der Waals surface area contributed by atoms with E-state index in [1.807, 2.05) is 39.4 Å². The first kappa shape index (κ1) is 51.5. The van der Waals surface area contributed by atoms with Crippen molar-refractivity contribution in [2.45, 2.75) is 187 Å². The summed E-state index contributed by atoms with van der Waals surface area (Å²) in [4.78, 5) is 35.3. The van der Waals surface area contributed by atoms with E-state index in [1.165, 1.54) is 83.5 Å². The minimum atomic E-state index is -4.39. The van der Waals surface area contributed by atoms with Gasteiger partial charge in [0.05, 0.1) is 33.9 Å². The van der Waals surface area contributed by atoms with E-state index in [0.29, 0.717) is 23.9 Å². The number of rotatable bonds is 38. The quantitative estimate of drug-likeness (QED) is 0.0207. The molecule has 0 aliphatic heterocycles. The Labute approximate surface area is 324 Å². The summed E-state index contributed by atoms with van der Waals surface area (Å²) in [6.45, 7) is 4.26. The van der Waals surface area contributed by atoms with E-state index in [9.17, 15) is 24.2 Å². The summed E-state index contributed by atoms with van der Waals surface area (Å²) in [5, 5.41) is 10.2. The second kappa shape index (κ2) is 34.9. The first-order valence-corrected chi connectivity index (χ1v) is 22.7. The number of phosphoric ester groups is 1. The smallest absolute Gasteiger partial charge is 0.462 e. The molecule has 0 saturated carbocycles. The number of carbonyl (C=O) groups excluding carboxylic acids is 2. The SMILES string of the molecule is CCCCCC=CC=CC(O)CCCCCCCC(=O)O[C@H](COC(=O)CCCCCCCCCCCCCCC)COP(=O)(O)OCC[N+](C)(C)C. The molecule has 3 atom stereocenters. The molecule has 0 aromatic heterocycles. The summed E-state index contributed by atoms with van der Waals surface area (Å²) in [5.41, 5.74) is 0. The zero-order chi connectivity index (χ0) is 39.5. The number of hydrogen-bond acceptors (Lipinski definition) is 8. The van der Waals surface area contributed by atoms with Gasteiger partial charge in [0.15, 0.2) is 6.10 Å². The van der Waals surface area contributed by atoms with Crippen LogP contribution in [0.2, 0.25) is 0 Å². The number of esters is 2. The summed E-state index contributed by atoms with van der Waals surface area (Å²) >= 11 is 0. The van der Waals surface area contributed by atoms with Gasteiger partial charge in [-0.1, -0.05) is 154 Å². The van der Waals surface area contributed by atoms with Crippen LogP contribution in [0.1, 0.15) is 174 Å². The Morgan fingerprint density at radius 2 is 1.17 bits per heavy atom. The van der Waals surface area contributed by atoms with Crippen LogP contribution in [-0.2, 0) is 32.7 Å². The van der Waals surface area contributed by atoms with Crippen LogP contribution in [0.5, 0.6) is 0 Å². The molecule has 0 radical (unpaired) electrons. The lowest BCUT2D eigenvalue weighted by atomic mass is 10.0. The Hall–Kier alpha value is -1.55. The van der Waals surface area contributed by atoms with Gasteiger partial charge in [0, 0.05) is 12.8 Å². The molecule has 0 aromatic carbocycles. The van der Waals surface area contributed by atoms with Gasteiger partial charge in [0.25, 0.3) is 0 Å². The summed E-state index contributed by atoms with van der Waals surface area (Å²) in [6.07, 6.45) is 32.4. The number of aliphatic hydroxyl groups is 1. The van der Waals surface area contributed by atoms with Crippen LogP contribution in [0.3, 0.4) is 0 Å². The molecule has 0 spiro atoms. The fourth-order valence-electron chi connectivity index (χ4n) is 5.68. The van der Waals surface area contributed by atoms with Gasteiger partial charge in [-0.2, -0.15) is 0 Å². The zero-order valence-corrected chi connectivity index (χ0v) is 35.5. The van der Waals surface area contributed by atoms with Crippen molar-refractivity contribution in [1.29, 1.82) is 0 Å². The van der Waals surface area contributed by atoms with E-state index in [4.69, 9.17) is 18.5 Å². The number of likely N-dealkylation sites (N-methyl/N-ethyl adjacent to an activating group) is 1. The fourth-order valence-corrected chi connectivity index (χ4v) is 6.42. The second-order valence-electron chi connectivity index (χ2n) is 15.6. The average molecular weight is 775 g/mol. The van der Waals surface area contributed by atoms with E-state index >= 15 is 0 Å². The summed E-state index contributed by atoms with van der Waals surface area (Å²) in [5.74, 6) is -0.867. The Kier molecular flexibility index (Phi) is 33.9. The van der Waals surface area contributed by atoms with E-state index < -0.39 is 32.6 Å². The number of phosphoric acid groups is 1. The zero-order valence-electron chi connectivity index (χ0n) is 34.6. The second-order valence-corrected chi connectivity index (χ2v) is 17.0. The summed E-state index contributed by atoms with van der Waals surface area (Å²) in [6, 6.07) is 0. The molecular weight excluding hydrogens is 693 g/mol. The van der Waals surface area contributed by atoms with Gasteiger partial charge in [-0.25, -0.2) is 4.57 Å². The monoisotopic (exact) mass is 775 g/mol. The van der Waals surface area contributed by atoms with Crippen molar-refractivity contribution < 1.29 is 47.2 Å². The number of ether oxygens (including phenoxy) is 2. The normalized spacial score (nSPS) is 14.5. The Morgan fingerprint density at radius 3 is 1.74 bits per heavy atom. The molecule has 0 saturated heterocycles. The van der Waals surface area contributed by atoms with Gasteiger partial charge < -0.3 is 24.0 Å². The Bertz CT molecular complexity index is 982. The van der Waals surface area contributed by atoms with Crippen molar-refractivity contribution >= 4 is 19.8 Å². The van der Waals surface area contributed by atoms with Crippen molar-refractivity contribution in [2.24, 2.45) is 0 Å². The van der Waals surface area contributed by atoms with Crippen LogP contribution in [0.15, 0.2) is 24.3 Å². The summed E-state index contributed by atoms with van der Waals surface area (Å²) in [7, 11) is 1.42. The maximum Gasteiger partial charge on any atom is 0.472 e. The largest absolute Gasteiger partial charge is 0.472 e. The first-order valence-electron chi connectivity index (χ1n) is 21.2. The third-order valence-corrected chi connectivity index (χ3v) is 10.1. The number of hydrogen-bond donors (Lipinski definition) is 2. The molecule has 10 nitrogen and oxygen atoms in total. The van der Waals surface area contributed by atoms with E-state index in [1.54, 1.807) is 0 Å². The third-order valence-electron chi connectivity index (χ3n) is 9.09.